The molecule has 1 N–H and O–H groups in total. The van der Waals surface area contributed by atoms with Crippen LogP contribution in [0.5, 0.6) is 0 Å². The molecule has 6 heteroatoms. The molecule has 0 radical (unpaired) electrons. The number of nitrogens with zero attached hydrogens (tertiary/aromatic N) is 1. The monoisotopic (exact) mass is 306 g/mol. The fourth-order valence-corrected chi connectivity index (χ4v) is 2.77. The van der Waals surface area contributed by atoms with Gasteiger partial charge in [0.1, 0.15) is 0 Å². The third-order valence-corrected chi connectivity index (χ3v) is 4.00. The van der Waals surface area contributed by atoms with Gasteiger partial charge in [-0.15, -0.1) is 0 Å². The van der Waals surface area contributed by atoms with E-state index in [1.165, 1.54) is 6.07 Å². The molecular weight excluding hydrogens is 289 g/mol. The smallest absolute Gasteiger partial charge is 0.366 e. The molecule has 1 aliphatic heterocycles. The van der Waals surface area contributed by atoms with Gasteiger partial charge in [0.05, 0.1) is 10.6 Å². The van der Waals surface area contributed by atoms with Crippen molar-refractivity contribution in [2.45, 2.75) is 38.5 Å². The highest BCUT2D eigenvalue weighted by Gasteiger charge is 2.34. The van der Waals surface area contributed by atoms with Crippen LogP contribution in [0.3, 0.4) is 0 Å². The van der Waals surface area contributed by atoms with E-state index < -0.39 is 11.7 Å². The minimum atomic E-state index is -4.42. The lowest BCUT2D eigenvalue weighted by Crippen LogP contribution is -2.55. The summed E-state index contributed by atoms with van der Waals surface area (Å²) in [5.74, 6) is 0. The topological polar surface area (TPSA) is 15.3 Å². The van der Waals surface area contributed by atoms with Crippen LogP contribution in [0.1, 0.15) is 25.8 Å². The van der Waals surface area contributed by atoms with Gasteiger partial charge in [-0.2, -0.15) is 13.2 Å². The van der Waals surface area contributed by atoms with E-state index in [4.69, 9.17) is 11.6 Å². The van der Waals surface area contributed by atoms with E-state index in [0.29, 0.717) is 12.2 Å². The van der Waals surface area contributed by atoms with Gasteiger partial charge < -0.3 is 10.2 Å². The van der Waals surface area contributed by atoms with E-state index in [2.05, 4.69) is 5.32 Å². The molecule has 20 heavy (non-hydrogen) atoms. The number of nitrogens with one attached hydrogen (secondary N) is 1. The molecule has 1 fully saturated rings. The van der Waals surface area contributed by atoms with Crippen molar-refractivity contribution in [3.8, 4) is 0 Å². The average Bonchev–Trinajstić information content (AvgIpc) is 2.38. The van der Waals surface area contributed by atoms with Crippen LogP contribution >= 0.6 is 11.6 Å². The first-order valence-corrected chi connectivity index (χ1v) is 7.07. The van der Waals surface area contributed by atoms with Gasteiger partial charge in [-0.25, -0.2) is 0 Å². The number of benzene rings is 1. The molecule has 2 rings (SSSR count). The first-order chi connectivity index (χ1) is 9.32. The maximum atomic E-state index is 12.9. The van der Waals surface area contributed by atoms with E-state index in [1.807, 2.05) is 18.7 Å². The van der Waals surface area contributed by atoms with Crippen LogP contribution in [0, 0.1) is 0 Å². The Morgan fingerprint density at radius 3 is 2.70 bits per heavy atom. The summed E-state index contributed by atoms with van der Waals surface area (Å²) in [4.78, 5) is 2.03. The molecule has 0 spiro atoms. The second-order valence-electron chi connectivity index (χ2n) is 5.19. The van der Waals surface area contributed by atoms with Crippen molar-refractivity contribution in [1.82, 2.24) is 5.32 Å². The van der Waals surface area contributed by atoms with Crippen LogP contribution < -0.4 is 10.2 Å². The van der Waals surface area contributed by atoms with Gasteiger partial charge in [0, 0.05) is 30.9 Å². The van der Waals surface area contributed by atoms with Gasteiger partial charge in [-0.05, 0) is 31.5 Å². The van der Waals surface area contributed by atoms with E-state index in [0.717, 1.165) is 19.0 Å². The predicted octanol–water partition coefficient (Wildman–Crippen LogP) is 3.94. The van der Waals surface area contributed by atoms with Crippen LogP contribution in [-0.2, 0) is 6.18 Å². The highest BCUT2D eigenvalue weighted by atomic mass is 35.5. The summed E-state index contributed by atoms with van der Waals surface area (Å²) in [5.41, 5.74) is -0.181. The number of piperazine rings is 1. The third-order valence-electron chi connectivity index (χ3n) is 3.67. The second-order valence-corrected chi connectivity index (χ2v) is 5.59. The normalized spacial score (nSPS) is 24.0. The summed E-state index contributed by atoms with van der Waals surface area (Å²) in [6.07, 6.45) is -3.54. The highest BCUT2D eigenvalue weighted by Crippen LogP contribution is 2.37. The first-order valence-electron chi connectivity index (χ1n) is 6.69. The fourth-order valence-electron chi connectivity index (χ4n) is 2.55. The second kappa shape index (κ2) is 5.82. The molecule has 0 saturated carbocycles. The lowest BCUT2D eigenvalue weighted by Gasteiger charge is -2.41. The number of halogens is 4. The van der Waals surface area contributed by atoms with Gasteiger partial charge >= 0.3 is 6.18 Å². The van der Waals surface area contributed by atoms with Gasteiger partial charge in [0.15, 0.2) is 0 Å². The molecule has 2 nitrogen and oxygen atoms in total. The Hall–Kier alpha value is -0.940. The van der Waals surface area contributed by atoms with Gasteiger partial charge in [-0.1, -0.05) is 18.5 Å². The molecule has 0 bridgehead atoms. The average molecular weight is 307 g/mol. The van der Waals surface area contributed by atoms with Crippen LogP contribution in [-0.4, -0.2) is 25.2 Å². The summed E-state index contributed by atoms with van der Waals surface area (Å²) in [6, 6.07) is 4.61. The van der Waals surface area contributed by atoms with Crippen LogP contribution in [0.2, 0.25) is 5.02 Å². The summed E-state index contributed by atoms with van der Waals surface area (Å²) in [5, 5.41) is 3.10. The molecule has 1 aromatic rings. The van der Waals surface area contributed by atoms with E-state index in [9.17, 15) is 13.2 Å². The number of hydrogen-bond donors (Lipinski definition) is 1. The molecule has 2 atom stereocenters. The minimum absolute atomic E-state index is 0.202. The molecule has 1 saturated heterocycles. The minimum Gasteiger partial charge on any atom is -0.366 e. The molecule has 0 aromatic heterocycles. The maximum absolute atomic E-state index is 12.9. The van der Waals surface area contributed by atoms with Crippen molar-refractivity contribution in [3.63, 3.8) is 0 Å². The lowest BCUT2D eigenvalue weighted by molar-refractivity contribution is -0.137. The summed E-state index contributed by atoms with van der Waals surface area (Å²) >= 11 is 5.67. The van der Waals surface area contributed by atoms with Gasteiger partial charge in [-0.3, -0.25) is 0 Å². The number of alkyl halides is 3. The Kier molecular flexibility index (Phi) is 4.49. The first kappa shape index (κ1) is 15.4. The molecule has 0 amide bonds. The van der Waals surface area contributed by atoms with Crippen LogP contribution in [0.25, 0.3) is 0 Å². The van der Waals surface area contributed by atoms with Crippen molar-refractivity contribution in [2.75, 3.05) is 18.0 Å². The Morgan fingerprint density at radius 2 is 2.10 bits per heavy atom. The largest absolute Gasteiger partial charge is 0.417 e. The van der Waals surface area contributed by atoms with Crippen molar-refractivity contribution in [3.05, 3.63) is 28.8 Å². The summed E-state index contributed by atoms with van der Waals surface area (Å²) in [7, 11) is 0. The predicted molar refractivity (Wildman–Crippen MR) is 75.3 cm³/mol. The highest BCUT2D eigenvalue weighted by molar-refractivity contribution is 6.31. The Balaban J connectivity index is 2.36. The van der Waals surface area contributed by atoms with E-state index in [-0.39, 0.29) is 17.1 Å². The fraction of sp³-hybridized carbons (Fsp3) is 0.571. The summed E-state index contributed by atoms with van der Waals surface area (Å²) < 4.78 is 38.8. The Labute approximate surface area is 121 Å². The Morgan fingerprint density at radius 1 is 1.40 bits per heavy atom. The quantitative estimate of drug-likeness (QED) is 0.890. The molecule has 1 heterocycles. The molecular formula is C14H18ClF3N2. The zero-order valence-electron chi connectivity index (χ0n) is 11.5. The van der Waals surface area contributed by atoms with Crippen LogP contribution in [0.4, 0.5) is 18.9 Å². The Bertz CT molecular complexity index is 476. The van der Waals surface area contributed by atoms with E-state index >= 15 is 0 Å². The zero-order valence-corrected chi connectivity index (χ0v) is 12.2. The SMILES string of the molecule is CCC1CNC(C)CN1c1ccc(Cl)c(C(F)(F)F)c1. The van der Waals surface area contributed by atoms with Crippen LogP contribution in [0.15, 0.2) is 18.2 Å². The lowest BCUT2D eigenvalue weighted by atomic mass is 10.0. The van der Waals surface area contributed by atoms with E-state index in [1.54, 1.807) is 6.07 Å². The summed E-state index contributed by atoms with van der Waals surface area (Å²) in [6.45, 7) is 5.54. The maximum Gasteiger partial charge on any atom is 0.417 e. The van der Waals surface area contributed by atoms with Crippen molar-refractivity contribution < 1.29 is 13.2 Å². The molecule has 1 aromatic carbocycles. The number of rotatable bonds is 2. The number of anilines is 1. The molecule has 112 valence electrons. The van der Waals surface area contributed by atoms with Crippen molar-refractivity contribution >= 4 is 17.3 Å². The molecule has 1 aliphatic rings. The van der Waals surface area contributed by atoms with Crippen molar-refractivity contribution in [1.29, 1.82) is 0 Å². The van der Waals surface area contributed by atoms with Gasteiger partial charge in [0.25, 0.3) is 0 Å². The molecule has 2 unspecified atom stereocenters. The third kappa shape index (κ3) is 3.20. The standard InChI is InChI=1S/C14H18ClF3N2/c1-3-10-7-19-9(2)8-20(10)11-4-5-13(15)12(6-11)14(16,17)18/h4-6,9-10,19H,3,7-8H2,1-2H3. The van der Waals surface area contributed by atoms with Crippen molar-refractivity contribution in [2.24, 2.45) is 0 Å². The van der Waals surface area contributed by atoms with Gasteiger partial charge in [0.2, 0.25) is 0 Å². The number of hydrogen-bond acceptors (Lipinski definition) is 2. The zero-order chi connectivity index (χ0) is 14.9. The molecule has 0 aliphatic carbocycles.